The van der Waals surface area contributed by atoms with Crippen LogP contribution in [0.1, 0.15) is 16.2 Å². The van der Waals surface area contributed by atoms with Gasteiger partial charge in [0.1, 0.15) is 5.69 Å². The number of methoxy groups -OCH3 is 1. The molecule has 0 aliphatic heterocycles. The first-order chi connectivity index (χ1) is 7.91. The van der Waals surface area contributed by atoms with Crippen molar-refractivity contribution in [1.82, 2.24) is 4.98 Å². The van der Waals surface area contributed by atoms with Gasteiger partial charge in [-0.05, 0) is 0 Å². The second-order valence-corrected chi connectivity index (χ2v) is 3.38. The van der Waals surface area contributed by atoms with Crippen LogP contribution in [0.4, 0.5) is 13.2 Å². The van der Waals surface area contributed by atoms with E-state index in [2.05, 4.69) is 25.7 Å². The molecule has 1 rings (SSSR count). The molecule has 1 aromatic rings. The van der Waals surface area contributed by atoms with Crippen molar-refractivity contribution in [3.05, 3.63) is 17.5 Å². The maximum atomic E-state index is 12.1. The molecule has 17 heavy (non-hydrogen) atoms. The lowest BCUT2D eigenvalue weighted by molar-refractivity contribution is -0.275. The lowest BCUT2D eigenvalue weighted by atomic mass is 10.2. The molecule has 0 saturated carbocycles. The minimum absolute atomic E-state index is 0.0171. The summed E-state index contributed by atoms with van der Waals surface area (Å²) in [4.78, 5) is 14.3. The number of halogens is 4. The Morgan fingerprint density at radius 3 is 2.53 bits per heavy atom. The van der Waals surface area contributed by atoms with Crippen LogP contribution in [0.15, 0.2) is 6.07 Å². The van der Waals surface area contributed by atoms with Gasteiger partial charge in [-0.3, -0.25) is 4.79 Å². The van der Waals surface area contributed by atoms with E-state index in [0.717, 1.165) is 6.07 Å². The van der Waals surface area contributed by atoms with E-state index in [0.29, 0.717) is 6.29 Å². The molecule has 1 heterocycles. The highest BCUT2D eigenvalue weighted by molar-refractivity contribution is 9.08. The lowest BCUT2D eigenvalue weighted by Crippen LogP contribution is -2.18. The normalized spacial score (nSPS) is 11.1. The predicted octanol–water partition coefficient (Wildman–Crippen LogP) is 2.70. The Labute approximate surface area is 103 Å². The Morgan fingerprint density at radius 2 is 2.12 bits per heavy atom. The smallest absolute Gasteiger partial charge is 0.494 e. The zero-order valence-electron chi connectivity index (χ0n) is 8.55. The first-order valence-electron chi connectivity index (χ1n) is 4.26. The fourth-order valence-electron chi connectivity index (χ4n) is 1.09. The molecule has 0 aliphatic rings. The molecule has 1 aromatic heterocycles. The van der Waals surface area contributed by atoms with E-state index < -0.39 is 12.1 Å². The fourth-order valence-corrected chi connectivity index (χ4v) is 1.49. The van der Waals surface area contributed by atoms with Gasteiger partial charge in [0.25, 0.3) is 0 Å². The van der Waals surface area contributed by atoms with Gasteiger partial charge in [-0.2, -0.15) is 0 Å². The molecule has 0 amide bonds. The van der Waals surface area contributed by atoms with Crippen LogP contribution in [0.3, 0.4) is 0 Å². The van der Waals surface area contributed by atoms with Gasteiger partial charge in [0.15, 0.2) is 17.8 Å². The number of carbonyl (C=O) groups excluding carboxylic acids is 1. The van der Waals surface area contributed by atoms with Crippen LogP contribution in [0.25, 0.3) is 0 Å². The summed E-state index contributed by atoms with van der Waals surface area (Å²) in [5, 5.41) is 0.0171. The largest absolute Gasteiger partial charge is 0.573 e. The van der Waals surface area contributed by atoms with Gasteiger partial charge < -0.3 is 9.47 Å². The number of hydrogen-bond donors (Lipinski definition) is 0. The molecule has 0 spiro atoms. The van der Waals surface area contributed by atoms with Crippen molar-refractivity contribution in [1.29, 1.82) is 0 Å². The third-order valence-electron chi connectivity index (χ3n) is 1.74. The van der Waals surface area contributed by atoms with Crippen LogP contribution < -0.4 is 9.47 Å². The highest BCUT2D eigenvalue weighted by Crippen LogP contribution is 2.31. The molecule has 8 heteroatoms. The number of alkyl halides is 4. The van der Waals surface area contributed by atoms with Crippen LogP contribution in [0, 0.1) is 0 Å². The summed E-state index contributed by atoms with van der Waals surface area (Å²) in [6, 6.07) is 0.973. The van der Waals surface area contributed by atoms with Crippen LogP contribution in [-0.2, 0) is 5.33 Å². The summed E-state index contributed by atoms with van der Waals surface area (Å²) in [5.41, 5.74) is -0.123. The maximum absolute atomic E-state index is 12.1. The summed E-state index contributed by atoms with van der Waals surface area (Å²) in [6.45, 7) is 0. The third kappa shape index (κ3) is 3.58. The van der Waals surface area contributed by atoms with E-state index in [1.165, 1.54) is 7.11 Å². The number of hydrogen-bond acceptors (Lipinski definition) is 4. The van der Waals surface area contributed by atoms with E-state index in [9.17, 15) is 18.0 Å². The van der Waals surface area contributed by atoms with E-state index >= 15 is 0 Å². The SMILES string of the molecule is COc1cc(OC(F)(F)F)c(CBr)nc1C=O. The van der Waals surface area contributed by atoms with Crippen molar-refractivity contribution in [2.45, 2.75) is 11.7 Å². The molecule has 4 nitrogen and oxygen atoms in total. The lowest BCUT2D eigenvalue weighted by Gasteiger charge is -2.13. The van der Waals surface area contributed by atoms with Crippen LogP contribution in [-0.4, -0.2) is 24.7 Å². The van der Waals surface area contributed by atoms with Gasteiger partial charge in [0, 0.05) is 11.4 Å². The predicted molar refractivity (Wildman–Crippen MR) is 55.5 cm³/mol. The molecule has 0 unspecified atom stereocenters. The number of rotatable bonds is 4. The van der Waals surface area contributed by atoms with E-state index in [1.807, 2.05) is 0 Å². The molecule has 0 bridgehead atoms. The Kier molecular flexibility index (Phi) is 4.33. The first-order valence-corrected chi connectivity index (χ1v) is 5.38. The minimum atomic E-state index is -4.83. The molecule has 0 fully saturated rings. The zero-order chi connectivity index (χ0) is 13.1. The molecule has 0 aliphatic carbocycles. The first kappa shape index (κ1) is 13.8. The summed E-state index contributed by atoms with van der Waals surface area (Å²) in [6.07, 6.45) is -4.44. The second-order valence-electron chi connectivity index (χ2n) is 2.82. The van der Waals surface area contributed by atoms with Gasteiger partial charge in [-0.25, -0.2) is 4.98 Å². The van der Waals surface area contributed by atoms with E-state index in [1.54, 1.807) is 0 Å². The molecule has 0 N–H and O–H groups in total. The van der Waals surface area contributed by atoms with Crippen molar-refractivity contribution < 1.29 is 27.4 Å². The van der Waals surface area contributed by atoms with Crippen LogP contribution >= 0.6 is 15.9 Å². The van der Waals surface area contributed by atoms with Gasteiger partial charge in [0.2, 0.25) is 0 Å². The molecule has 0 aromatic carbocycles. The maximum Gasteiger partial charge on any atom is 0.573 e. The summed E-state index contributed by atoms with van der Waals surface area (Å²) >= 11 is 2.96. The molecule has 0 radical (unpaired) electrons. The monoisotopic (exact) mass is 313 g/mol. The van der Waals surface area contributed by atoms with E-state index in [-0.39, 0.29) is 22.5 Å². The molecular formula is C9H7BrF3NO3. The summed E-state index contributed by atoms with van der Waals surface area (Å²) < 4.78 is 44.8. The Bertz CT molecular complexity index is 423. The molecule has 0 atom stereocenters. The van der Waals surface area contributed by atoms with E-state index in [4.69, 9.17) is 4.74 Å². The third-order valence-corrected chi connectivity index (χ3v) is 2.27. The number of ether oxygens (including phenoxy) is 2. The standard InChI is InChI=1S/C9H7BrF3NO3/c1-16-7-2-8(17-9(11,12)13)5(3-10)14-6(7)4-15/h2,4H,3H2,1H3. The number of aldehydes is 1. The summed E-state index contributed by atoms with van der Waals surface area (Å²) in [5.74, 6) is -0.583. The molecule has 94 valence electrons. The molecular weight excluding hydrogens is 307 g/mol. The van der Waals surface area contributed by atoms with Gasteiger partial charge in [0.05, 0.1) is 12.8 Å². The second kappa shape index (κ2) is 5.35. The quantitative estimate of drug-likeness (QED) is 0.633. The highest BCUT2D eigenvalue weighted by atomic mass is 79.9. The number of pyridine rings is 1. The number of aromatic nitrogens is 1. The Balaban J connectivity index is 3.23. The average molecular weight is 314 g/mol. The van der Waals surface area contributed by atoms with Crippen LogP contribution in [0.2, 0.25) is 0 Å². The number of nitrogens with zero attached hydrogens (tertiary/aromatic N) is 1. The van der Waals surface area contributed by atoms with Crippen molar-refractivity contribution in [3.63, 3.8) is 0 Å². The van der Waals surface area contributed by atoms with Gasteiger partial charge in [-0.1, -0.05) is 15.9 Å². The van der Waals surface area contributed by atoms with Gasteiger partial charge >= 0.3 is 6.36 Å². The Morgan fingerprint density at radius 1 is 1.47 bits per heavy atom. The Hall–Kier alpha value is -1.31. The molecule has 0 saturated heterocycles. The highest BCUT2D eigenvalue weighted by Gasteiger charge is 2.33. The van der Waals surface area contributed by atoms with Crippen molar-refractivity contribution in [2.75, 3.05) is 7.11 Å². The zero-order valence-corrected chi connectivity index (χ0v) is 10.1. The minimum Gasteiger partial charge on any atom is -0.494 e. The summed E-state index contributed by atoms with van der Waals surface area (Å²) in [7, 11) is 1.22. The average Bonchev–Trinajstić information content (AvgIpc) is 2.26. The van der Waals surface area contributed by atoms with Crippen molar-refractivity contribution >= 4 is 22.2 Å². The number of carbonyl (C=O) groups is 1. The van der Waals surface area contributed by atoms with Gasteiger partial charge in [-0.15, -0.1) is 13.2 Å². The fraction of sp³-hybridized carbons (Fsp3) is 0.333. The van der Waals surface area contributed by atoms with Crippen molar-refractivity contribution in [2.24, 2.45) is 0 Å². The van der Waals surface area contributed by atoms with Crippen molar-refractivity contribution in [3.8, 4) is 11.5 Å². The van der Waals surface area contributed by atoms with Crippen LogP contribution in [0.5, 0.6) is 11.5 Å². The topological polar surface area (TPSA) is 48.4 Å².